The first-order valence-corrected chi connectivity index (χ1v) is 12.4. The van der Waals surface area contributed by atoms with Gasteiger partial charge in [-0.3, -0.25) is 0 Å². The lowest BCUT2D eigenvalue weighted by molar-refractivity contribution is 0.0730. The number of imidazole rings is 1. The van der Waals surface area contributed by atoms with E-state index in [0.717, 1.165) is 16.2 Å². The SMILES string of the molecule is CCn1c(CSc2ccc(F)c(Cl)c2)nc2cc(S(=O)(=O)N3CCOCC3)ccc21. The van der Waals surface area contributed by atoms with Crippen molar-refractivity contribution in [1.82, 2.24) is 13.9 Å². The molecule has 4 rings (SSSR count). The Morgan fingerprint density at radius 1 is 1.20 bits per heavy atom. The molecule has 10 heteroatoms. The largest absolute Gasteiger partial charge is 0.379 e. The third-order valence-corrected chi connectivity index (χ3v) is 8.16. The molecule has 1 aliphatic heterocycles. The minimum atomic E-state index is -3.58. The Morgan fingerprint density at radius 2 is 1.97 bits per heavy atom. The average Bonchev–Trinajstić information content (AvgIpc) is 3.12. The Balaban J connectivity index is 1.62. The fourth-order valence-electron chi connectivity index (χ4n) is 3.43. The molecular weight excluding hydrogens is 449 g/mol. The van der Waals surface area contributed by atoms with E-state index in [4.69, 9.17) is 16.3 Å². The van der Waals surface area contributed by atoms with E-state index in [1.54, 1.807) is 24.3 Å². The molecule has 30 heavy (non-hydrogen) atoms. The van der Waals surface area contributed by atoms with Crippen molar-refractivity contribution in [2.75, 3.05) is 26.3 Å². The van der Waals surface area contributed by atoms with Gasteiger partial charge in [0.2, 0.25) is 10.0 Å². The van der Waals surface area contributed by atoms with Crippen molar-refractivity contribution in [3.8, 4) is 0 Å². The summed E-state index contributed by atoms with van der Waals surface area (Å²) in [5.74, 6) is 0.922. The molecular formula is C20H21ClFN3O3S2. The molecule has 0 radical (unpaired) electrons. The summed E-state index contributed by atoms with van der Waals surface area (Å²) in [5.41, 5.74) is 1.52. The minimum Gasteiger partial charge on any atom is -0.379 e. The molecule has 2 aromatic carbocycles. The van der Waals surface area contributed by atoms with Crippen LogP contribution in [0.2, 0.25) is 5.02 Å². The van der Waals surface area contributed by atoms with Gasteiger partial charge in [0.05, 0.1) is 39.9 Å². The number of ether oxygens (including phenoxy) is 1. The van der Waals surface area contributed by atoms with E-state index in [-0.39, 0.29) is 9.92 Å². The predicted molar refractivity (Wildman–Crippen MR) is 116 cm³/mol. The van der Waals surface area contributed by atoms with Crippen molar-refractivity contribution in [3.05, 3.63) is 53.1 Å². The Hall–Kier alpha value is -1.65. The van der Waals surface area contributed by atoms with Crippen LogP contribution in [0.15, 0.2) is 46.2 Å². The number of benzene rings is 2. The molecule has 1 aliphatic rings. The Labute approximate surface area is 184 Å². The van der Waals surface area contributed by atoms with E-state index >= 15 is 0 Å². The lowest BCUT2D eigenvalue weighted by Crippen LogP contribution is -2.40. The molecule has 1 fully saturated rings. The number of thioether (sulfide) groups is 1. The van der Waals surface area contributed by atoms with Crippen LogP contribution in [0.5, 0.6) is 0 Å². The molecule has 1 aromatic heterocycles. The highest BCUT2D eigenvalue weighted by molar-refractivity contribution is 7.98. The Morgan fingerprint density at radius 3 is 2.67 bits per heavy atom. The first kappa shape index (κ1) is 21.6. The fourth-order valence-corrected chi connectivity index (χ4v) is 5.99. The van der Waals surface area contributed by atoms with Crippen LogP contribution in [-0.4, -0.2) is 48.6 Å². The summed E-state index contributed by atoms with van der Waals surface area (Å²) < 4.78 is 48.0. The number of aromatic nitrogens is 2. The van der Waals surface area contributed by atoms with E-state index in [2.05, 4.69) is 9.55 Å². The van der Waals surface area contributed by atoms with Gasteiger partial charge in [-0.25, -0.2) is 17.8 Å². The second-order valence-electron chi connectivity index (χ2n) is 6.80. The molecule has 0 unspecified atom stereocenters. The normalized spacial score (nSPS) is 15.7. The zero-order valence-electron chi connectivity index (χ0n) is 16.3. The number of rotatable bonds is 6. The molecule has 160 valence electrons. The van der Waals surface area contributed by atoms with Gasteiger partial charge >= 0.3 is 0 Å². The topological polar surface area (TPSA) is 64.4 Å². The first-order valence-electron chi connectivity index (χ1n) is 9.55. The minimum absolute atomic E-state index is 0.0851. The number of morpholine rings is 1. The standard InChI is InChI=1S/C20H21ClFN3O3S2/c1-2-25-19-6-4-15(30(26,27)24-7-9-28-10-8-24)12-18(19)23-20(25)13-29-14-3-5-17(22)16(21)11-14/h3-6,11-12H,2,7-10,13H2,1H3. The summed E-state index contributed by atoms with van der Waals surface area (Å²) in [6.45, 7) is 4.23. The predicted octanol–water partition coefficient (Wildman–Crippen LogP) is 4.16. The van der Waals surface area contributed by atoms with Gasteiger partial charge in [0, 0.05) is 24.5 Å². The lowest BCUT2D eigenvalue weighted by atomic mass is 10.3. The van der Waals surface area contributed by atoms with Crippen molar-refractivity contribution in [1.29, 1.82) is 0 Å². The highest BCUT2D eigenvalue weighted by Crippen LogP contribution is 2.29. The molecule has 3 aromatic rings. The van der Waals surface area contributed by atoms with Gasteiger partial charge in [-0.2, -0.15) is 4.31 Å². The van der Waals surface area contributed by atoms with Crippen LogP contribution < -0.4 is 0 Å². The first-order chi connectivity index (χ1) is 14.4. The number of nitrogens with zero attached hydrogens (tertiary/aromatic N) is 3. The molecule has 2 heterocycles. The quantitative estimate of drug-likeness (QED) is 0.507. The molecule has 6 nitrogen and oxygen atoms in total. The molecule has 0 bridgehead atoms. The second-order valence-corrected chi connectivity index (χ2v) is 10.2. The van der Waals surface area contributed by atoms with Crippen LogP contribution in [0.25, 0.3) is 11.0 Å². The van der Waals surface area contributed by atoms with E-state index in [1.807, 2.05) is 13.0 Å². The second kappa shape index (κ2) is 8.84. The van der Waals surface area contributed by atoms with Gasteiger partial charge < -0.3 is 9.30 Å². The van der Waals surface area contributed by atoms with Gasteiger partial charge in [0.15, 0.2) is 0 Å². The summed E-state index contributed by atoms with van der Waals surface area (Å²) in [7, 11) is -3.58. The van der Waals surface area contributed by atoms with Crippen molar-refractivity contribution in [3.63, 3.8) is 0 Å². The maximum Gasteiger partial charge on any atom is 0.243 e. The van der Waals surface area contributed by atoms with Crippen LogP contribution in [0, 0.1) is 5.82 Å². The molecule has 0 spiro atoms. The number of fused-ring (bicyclic) bond motifs is 1. The fraction of sp³-hybridized carbons (Fsp3) is 0.350. The van der Waals surface area contributed by atoms with Gasteiger partial charge in [-0.1, -0.05) is 11.6 Å². The van der Waals surface area contributed by atoms with Gasteiger partial charge in [0.1, 0.15) is 11.6 Å². The van der Waals surface area contributed by atoms with Crippen LogP contribution in [0.4, 0.5) is 4.39 Å². The molecule has 0 N–H and O–H groups in total. The summed E-state index contributed by atoms with van der Waals surface area (Å²) in [5, 5.41) is 0.0851. The maximum atomic E-state index is 13.4. The zero-order valence-corrected chi connectivity index (χ0v) is 18.7. The third-order valence-electron chi connectivity index (χ3n) is 4.98. The van der Waals surface area contributed by atoms with Crippen molar-refractivity contribution < 1.29 is 17.5 Å². The van der Waals surface area contributed by atoms with Crippen molar-refractivity contribution >= 4 is 44.4 Å². The summed E-state index contributed by atoms with van der Waals surface area (Å²) in [4.78, 5) is 5.76. The number of sulfonamides is 1. The number of halogens is 2. The number of hydrogen-bond donors (Lipinski definition) is 0. The van der Waals surface area contributed by atoms with E-state index in [0.29, 0.717) is 44.1 Å². The van der Waals surface area contributed by atoms with Crippen LogP contribution in [-0.2, 0) is 27.1 Å². The van der Waals surface area contributed by atoms with E-state index < -0.39 is 15.8 Å². The van der Waals surface area contributed by atoms with E-state index in [1.165, 1.54) is 22.1 Å². The number of aryl methyl sites for hydroxylation is 1. The van der Waals surface area contributed by atoms with Crippen molar-refractivity contribution in [2.45, 2.75) is 29.0 Å². The highest BCUT2D eigenvalue weighted by atomic mass is 35.5. The van der Waals surface area contributed by atoms with Crippen LogP contribution >= 0.6 is 23.4 Å². The summed E-state index contributed by atoms with van der Waals surface area (Å²) in [6.07, 6.45) is 0. The Kier molecular flexibility index (Phi) is 6.36. The lowest BCUT2D eigenvalue weighted by Gasteiger charge is -2.26. The van der Waals surface area contributed by atoms with Crippen LogP contribution in [0.1, 0.15) is 12.7 Å². The molecule has 0 amide bonds. The van der Waals surface area contributed by atoms with Gasteiger partial charge in [-0.15, -0.1) is 11.8 Å². The van der Waals surface area contributed by atoms with Crippen molar-refractivity contribution in [2.24, 2.45) is 0 Å². The van der Waals surface area contributed by atoms with Gasteiger partial charge in [0.25, 0.3) is 0 Å². The molecule has 0 atom stereocenters. The van der Waals surface area contributed by atoms with E-state index in [9.17, 15) is 12.8 Å². The molecule has 0 saturated carbocycles. The maximum absolute atomic E-state index is 13.4. The molecule has 1 saturated heterocycles. The number of hydrogen-bond acceptors (Lipinski definition) is 5. The summed E-state index contributed by atoms with van der Waals surface area (Å²) >= 11 is 7.36. The summed E-state index contributed by atoms with van der Waals surface area (Å²) in [6, 6.07) is 9.69. The molecule has 0 aliphatic carbocycles. The Bertz CT molecular complexity index is 1180. The third kappa shape index (κ3) is 4.22. The van der Waals surface area contributed by atoms with Gasteiger partial charge in [-0.05, 0) is 43.3 Å². The zero-order chi connectivity index (χ0) is 21.3. The smallest absolute Gasteiger partial charge is 0.243 e. The van der Waals surface area contributed by atoms with Crippen LogP contribution in [0.3, 0.4) is 0 Å². The highest BCUT2D eigenvalue weighted by Gasteiger charge is 2.27. The average molecular weight is 470 g/mol. The monoisotopic (exact) mass is 469 g/mol.